The number of hydrogen-bond acceptors (Lipinski definition) is 5. The van der Waals surface area contributed by atoms with Gasteiger partial charge in [0, 0.05) is 52.9 Å². The molecule has 22 aromatic rings. The molecule has 0 fully saturated rings. The molecule has 20 aromatic carbocycles. The van der Waals surface area contributed by atoms with Gasteiger partial charge in [0.1, 0.15) is 0 Å². The van der Waals surface area contributed by atoms with Gasteiger partial charge in [0.15, 0.2) is 17.5 Å². The number of aromatic nitrogens is 3. The first-order valence-corrected chi connectivity index (χ1v) is 41.4. The van der Waals surface area contributed by atoms with Crippen LogP contribution in [0.3, 0.4) is 0 Å². The van der Waals surface area contributed by atoms with E-state index in [4.69, 9.17) is 15.0 Å². The molecule has 116 heavy (non-hydrogen) atoms. The van der Waals surface area contributed by atoms with Crippen LogP contribution in [0, 0.1) is 0 Å². The van der Waals surface area contributed by atoms with Crippen LogP contribution >= 0.6 is 23.1 Å². The SMILES string of the molecule is C1=CC2c3ccccc3SC2C(c2ccc3c4ccccc4c4ccccc4c3c2)=C1.c1cc(-c2ccc3c4ccccc4c4ccccc4c3c2)cc(-c2cccc3c2sc2ccccc23)c1.c1ccc(-c2nc(-c3ccccc3)nc(-c3cccc(-c4cccc(-c5ccc6c7ccccc7c7ccccc7c6c5)c4)c3)n2)cc1. The average molecular weight is 1510 g/mol. The van der Waals surface area contributed by atoms with Crippen LogP contribution in [0.25, 0.3) is 201 Å². The molecule has 2 atom stereocenters. The van der Waals surface area contributed by atoms with E-state index in [9.17, 15) is 0 Å². The number of benzene rings is 20. The van der Waals surface area contributed by atoms with E-state index in [0.717, 1.165) is 27.8 Å². The Morgan fingerprint density at radius 1 is 0.216 bits per heavy atom. The molecule has 3 heterocycles. The van der Waals surface area contributed by atoms with E-state index < -0.39 is 0 Å². The van der Waals surface area contributed by atoms with Crippen LogP contribution in [0.1, 0.15) is 17.0 Å². The van der Waals surface area contributed by atoms with Crippen LogP contribution in [0.5, 0.6) is 0 Å². The van der Waals surface area contributed by atoms with Crippen molar-refractivity contribution in [2.24, 2.45) is 0 Å². The highest BCUT2D eigenvalue weighted by atomic mass is 32.2. The number of thioether (sulfide) groups is 1. The quantitative estimate of drug-likeness (QED) is 0.142. The standard InChI is InChI=1S/C45H29N3.C36H22S.C30H20S/c1-3-13-30(14-4-1)43-46-44(31-15-5-2-6-16-31)48-45(47-43)36-20-12-19-34(28-36)32-17-11-18-33(27-32)35-25-26-41-39-23-8-7-21-37(39)38-22-9-10-24-40(38)42(41)29-35;1-2-13-29-27(11-1)28-12-3-4-14-30(28)34-22-24(19-20-31(29)34)23-9-7-10-25(21-23)26-16-8-17-33-32-15-5-6-18-35(32)37-36(26)33;1-2-10-23-21(8-1)22-9-3-4-11-24(22)28-18-19(16-17-25(23)28)20-13-7-14-27-26-12-5-6-15-29(26)31-30(20)27/h1-29H;1-22H;1-18,27,30H. The third-order valence-corrected chi connectivity index (χ3v) is 26.2. The first-order valence-electron chi connectivity index (χ1n) is 39.8. The Hall–Kier alpha value is -14.2. The van der Waals surface area contributed by atoms with Gasteiger partial charge in [-0.3, -0.25) is 0 Å². The van der Waals surface area contributed by atoms with Gasteiger partial charge in [0.05, 0.1) is 0 Å². The number of fused-ring (bicyclic) bond motifs is 24. The van der Waals surface area contributed by atoms with E-state index >= 15 is 0 Å². The topological polar surface area (TPSA) is 38.7 Å². The lowest BCUT2D eigenvalue weighted by molar-refractivity contribution is 0.893. The van der Waals surface area contributed by atoms with E-state index in [0.29, 0.717) is 28.6 Å². The second-order valence-corrected chi connectivity index (χ2v) is 32.5. The fourth-order valence-corrected chi connectivity index (χ4v) is 20.8. The van der Waals surface area contributed by atoms with Gasteiger partial charge in [-0.25, -0.2) is 15.0 Å². The van der Waals surface area contributed by atoms with Crippen LogP contribution in [0.4, 0.5) is 0 Å². The zero-order valence-corrected chi connectivity index (χ0v) is 64.8. The van der Waals surface area contributed by atoms with Crippen LogP contribution in [0.15, 0.2) is 424 Å². The minimum absolute atomic E-state index is 0.451. The first-order chi connectivity index (χ1) is 57.5. The number of allylic oxidation sites excluding steroid dienone is 3. The highest BCUT2D eigenvalue weighted by Gasteiger charge is 2.36. The lowest BCUT2D eigenvalue weighted by atomic mass is 9.84. The summed E-state index contributed by atoms with van der Waals surface area (Å²) in [6.07, 6.45) is 6.95. The van der Waals surface area contributed by atoms with Crippen molar-refractivity contribution in [3.63, 3.8) is 0 Å². The molecule has 1 aliphatic heterocycles. The lowest BCUT2D eigenvalue weighted by Gasteiger charge is -2.24. The van der Waals surface area contributed by atoms with Gasteiger partial charge >= 0.3 is 0 Å². The van der Waals surface area contributed by atoms with Gasteiger partial charge in [-0.1, -0.05) is 370 Å². The molecule has 2 aliphatic rings. The maximum atomic E-state index is 4.95. The summed E-state index contributed by atoms with van der Waals surface area (Å²) in [5.41, 5.74) is 16.8. The highest BCUT2D eigenvalue weighted by Crippen LogP contribution is 2.54. The maximum absolute atomic E-state index is 4.95. The molecule has 542 valence electrons. The summed E-state index contributed by atoms with van der Waals surface area (Å²) in [7, 11) is 0. The zero-order chi connectivity index (χ0) is 76.6. The Kier molecular flexibility index (Phi) is 17.2. The minimum Gasteiger partial charge on any atom is -0.208 e. The van der Waals surface area contributed by atoms with Crippen molar-refractivity contribution in [1.82, 2.24) is 15.0 Å². The smallest absolute Gasteiger partial charge is 0.164 e. The third-order valence-electron chi connectivity index (χ3n) is 23.6. The molecule has 2 aromatic heterocycles. The summed E-state index contributed by atoms with van der Waals surface area (Å²) in [6.45, 7) is 0. The van der Waals surface area contributed by atoms with Crippen molar-refractivity contribution >= 4 is 146 Å². The first kappa shape index (κ1) is 68.6. The Bertz CT molecular complexity index is 7610. The second kappa shape index (κ2) is 29.1. The summed E-state index contributed by atoms with van der Waals surface area (Å²) >= 11 is 3.90. The van der Waals surface area contributed by atoms with Crippen molar-refractivity contribution in [3.8, 4) is 78.7 Å². The zero-order valence-electron chi connectivity index (χ0n) is 63.2. The second-order valence-electron chi connectivity index (χ2n) is 30.2. The van der Waals surface area contributed by atoms with Crippen molar-refractivity contribution < 1.29 is 0 Å². The monoisotopic (exact) mass is 1510 g/mol. The van der Waals surface area contributed by atoms with E-state index in [1.165, 1.54) is 172 Å². The Morgan fingerprint density at radius 3 is 1.01 bits per heavy atom. The molecule has 1 aliphatic carbocycles. The molecule has 0 saturated carbocycles. The summed E-state index contributed by atoms with van der Waals surface area (Å²) in [4.78, 5) is 16.2. The molecule has 0 N–H and O–H groups in total. The maximum Gasteiger partial charge on any atom is 0.164 e. The number of nitrogens with zero attached hydrogens (tertiary/aromatic N) is 3. The largest absolute Gasteiger partial charge is 0.208 e. The predicted molar refractivity (Wildman–Crippen MR) is 497 cm³/mol. The van der Waals surface area contributed by atoms with E-state index in [1.54, 1.807) is 0 Å². The van der Waals surface area contributed by atoms with Gasteiger partial charge in [0.25, 0.3) is 0 Å². The molecule has 0 bridgehead atoms. The van der Waals surface area contributed by atoms with Crippen molar-refractivity contribution in [3.05, 3.63) is 430 Å². The summed E-state index contributed by atoms with van der Waals surface area (Å²) in [6, 6.07) is 144. The Balaban J connectivity index is 0.000000108. The van der Waals surface area contributed by atoms with Gasteiger partial charge in [-0.05, 0) is 207 Å². The van der Waals surface area contributed by atoms with E-state index in [-0.39, 0.29) is 0 Å². The third kappa shape index (κ3) is 12.2. The normalized spacial score (nSPS) is 13.7. The number of hydrogen-bond donors (Lipinski definition) is 0. The molecular formula is C111H71N3S2. The fourth-order valence-electron chi connectivity index (χ4n) is 18.1. The summed E-state index contributed by atoms with van der Waals surface area (Å²) in [5.74, 6) is 2.42. The van der Waals surface area contributed by atoms with Crippen LogP contribution < -0.4 is 0 Å². The number of thiophene rings is 1. The molecule has 3 nitrogen and oxygen atoms in total. The van der Waals surface area contributed by atoms with Gasteiger partial charge < -0.3 is 0 Å². The van der Waals surface area contributed by atoms with Crippen LogP contribution in [-0.4, -0.2) is 20.2 Å². The summed E-state index contributed by atoms with van der Waals surface area (Å²) in [5, 5.41) is 26.7. The molecule has 2 unspecified atom stereocenters. The van der Waals surface area contributed by atoms with Gasteiger partial charge in [-0.15, -0.1) is 23.1 Å². The molecular weight excluding hydrogens is 1440 g/mol. The highest BCUT2D eigenvalue weighted by molar-refractivity contribution is 8.00. The number of rotatable bonds is 8. The van der Waals surface area contributed by atoms with Crippen molar-refractivity contribution in [1.29, 1.82) is 0 Å². The Labute approximate surface area is 680 Å². The molecule has 0 radical (unpaired) electrons. The molecule has 5 heteroatoms. The van der Waals surface area contributed by atoms with Crippen LogP contribution in [-0.2, 0) is 0 Å². The molecule has 0 spiro atoms. The van der Waals surface area contributed by atoms with Crippen LogP contribution in [0.2, 0.25) is 0 Å². The van der Waals surface area contributed by atoms with Crippen molar-refractivity contribution in [2.75, 3.05) is 0 Å². The molecule has 24 rings (SSSR count). The van der Waals surface area contributed by atoms with Crippen molar-refractivity contribution in [2.45, 2.75) is 16.1 Å². The average Bonchev–Trinajstić information content (AvgIpc) is 1.22. The predicted octanol–water partition coefficient (Wildman–Crippen LogP) is 30.9. The Morgan fingerprint density at radius 2 is 0.534 bits per heavy atom. The fraction of sp³-hybridized carbons (Fsp3) is 0.0180. The van der Waals surface area contributed by atoms with E-state index in [1.807, 2.05) is 83.8 Å². The summed E-state index contributed by atoms with van der Waals surface area (Å²) < 4.78 is 2.70. The van der Waals surface area contributed by atoms with E-state index in [2.05, 4.69) is 358 Å². The molecule has 0 saturated heterocycles. The van der Waals surface area contributed by atoms with Gasteiger partial charge in [-0.2, -0.15) is 0 Å². The minimum atomic E-state index is 0.451. The molecule has 0 amide bonds. The lowest BCUT2D eigenvalue weighted by Crippen LogP contribution is -2.13. The van der Waals surface area contributed by atoms with Gasteiger partial charge in [0.2, 0.25) is 0 Å².